The van der Waals surface area contributed by atoms with Crippen LogP contribution in [0.3, 0.4) is 0 Å². The van der Waals surface area contributed by atoms with Crippen LogP contribution >= 0.6 is 11.3 Å². The summed E-state index contributed by atoms with van der Waals surface area (Å²) in [5, 5.41) is 3.83. The van der Waals surface area contributed by atoms with Gasteiger partial charge in [0, 0.05) is 13.1 Å². The van der Waals surface area contributed by atoms with Crippen molar-refractivity contribution in [1.82, 2.24) is 4.90 Å². The molecule has 2 rings (SSSR count). The van der Waals surface area contributed by atoms with Crippen LogP contribution in [0, 0.1) is 11.6 Å². The Bertz CT molecular complexity index is 563. The van der Waals surface area contributed by atoms with E-state index >= 15 is 0 Å². The summed E-state index contributed by atoms with van der Waals surface area (Å²) in [6.45, 7) is 2.75. The van der Waals surface area contributed by atoms with Crippen LogP contribution in [-0.4, -0.2) is 17.4 Å². The van der Waals surface area contributed by atoms with E-state index in [0.29, 0.717) is 13.1 Å². The molecule has 0 bridgehead atoms. The molecule has 0 spiro atoms. The molecule has 2 nitrogen and oxygen atoms in total. The third-order valence-electron chi connectivity index (χ3n) is 2.91. The van der Waals surface area contributed by atoms with Crippen LogP contribution in [0.4, 0.5) is 8.78 Å². The Morgan fingerprint density at radius 2 is 1.95 bits per heavy atom. The fraction of sp³-hybridized carbons (Fsp3) is 0.267. The molecule has 0 N–H and O–H groups in total. The lowest BCUT2D eigenvalue weighted by atomic mass is 10.1. The van der Waals surface area contributed by atoms with Crippen LogP contribution < -0.4 is 0 Å². The summed E-state index contributed by atoms with van der Waals surface area (Å²) in [5.74, 6) is -2.24. The Balaban J connectivity index is 2.27. The minimum Gasteiger partial charge on any atom is -0.334 e. The van der Waals surface area contributed by atoms with Crippen LogP contribution in [0.15, 0.2) is 35.0 Å². The van der Waals surface area contributed by atoms with Crippen molar-refractivity contribution in [3.05, 3.63) is 57.8 Å². The third-order valence-corrected chi connectivity index (χ3v) is 3.64. The van der Waals surface area contributed by atoms with Gasteiger partial charge < -0.3 is 4.90 Å². The number of hydrogen-bond donors (Lipinski definition) is 0. The summed E-state index contributed by atoms with van der Waals surface area (Å²) in [6, 6.07) is 5.36. The second kappa shape index (κ2) is 6.61. The van der Waals surface area contributed by atoms with Gasteiger partial charge in [0.05, 0.1) is 0 Å². The number of nitrogens with zero attached hydrogens (tertiary/aromatic N) is 1. The summed E-state index contributed by atoms with van der Waals surface area (Å²) in [4.78, 5) is 13.8. The van der Waals surface area contributed by atoms with E-state index in [1.807, 2.05) is 23.8 Å². The number of carbonyl (C=O) groups excluding carboxylic acids is 1. The number of hydrogen-bond acceptors (Lipinski definition) is 2. The summed E-state index contributed by atoms with van der Waals surface area (Å²) in [7, 11) is 0. The maximum atomic E-state index is 13.7. The lowest BCUT2D eigenvalue weighted by Gasteiger charge is -2.22. The van der Waals surface area contributed by atoms with Gasteiger partial charge in [-0.1, -0.05) is 13.0 Å². The summed E-state index contributed by atoms with van der Waals surface area (Å²) in [5.41, 5.74) is 0.490. The molecule has 1 amide bonds. The SMILES string of the molecule is CCCN(Cc1ccsc1)C(=O)c1c(F)cccc1F. The molecule has 1 aromatic heterocycles. The van der Waals surface area contributed by atoms with Crippen LogP contribution in [0.5, 0.6) is 0 Å². The molecule has 0 aliphatic carbocycles. The van der Waals surface area contributed by atoms with E-state index in [4.69, 9.17) is 0 Å². The van der Waals surface area contributed by atoms with Gasteiger partial charge >= 0.3 is 0 Å². The van der Waals surface area contributed by atoms with Gasteiger partial charge in [-0.2, -0.15) is 11.3 Å². The Kier molecular flexibility index (Phi) is 4.84. The second-order valence-corrected chi connectivity index (χ2v) is 5.23. The fourth-order valence-corrected chi connectivity index (χ4v) is 2.65. The molecule has 0 radical (unpaired) electrons. The molecule has 5 heteroatoms. The molecular formula is C15H15F2NOS. The van der Waals surface area contributed by atoms with E-state index in [0.717, 1.165) is 24.1 Å². The van der Waals surface area contributed by atoms with Crippen molar-refractivity contribution in [2.75, 3.05) is 6.54 Å². The molecule has 106 valence electrons. The van der Waals surface area contributed by atoms with Crippen molar-refractivity contribution in [1.29, 1.82) is 0 Å². The first-order chi connectivity index (χ1) is 9.63. The van der Waals surface area contributed by atoms with Gasteiger partial charge in [-0.25, -0.2) is 8.78 Å². The standard InChI is InChI=1S/C15H15F2NOS/c1-2-7-18(9-11-6-8-20-10-11)15(19)14-12(16)4-3-5-13(14)17/h3-6,8,10H,2,7,9H2,1H3. The third kappa shape index (κ3) is 3.22. The lowest BCUT2D eigenvalue weighted by molar-refractivity contribution is 0.0733. The van der Waals surface area contributed by atoms with Gasteiger partial charge in [-0.3, -0.25) is 4.79 Å². The molecular weight excluding hydrogens is 280 g/mol. The van der Waals surface area contributed by atoms with Crippen LogP contribution in [-0.2, 0) is 6.54 Å². The molecule has 0 unspecified atom stereocenters. The van der Waals surface area contributed by atoms with Crippen molar-refractivity contribution in [2.45, 2.75) is 19.9 Å². The monoisotopic (exact) mass is 295 g/mol. The van der Waals surface area contributed by atoms with E-state index in [1.165, 1.54) is 22.3 Å². The molecule has 0 fully saturated rings. The maximum Gasteiger partial charge on any atom is 0.260 e. The minimum atomic E-state index is -0.818. The summed E-state index contributed by atoms with van der Waals surface area (Å²) < 4.78 is 27.4. The summed E-state index contributed by atoms with van der Waals surface area (Å²) >= 11 is 1.53. The molecule has 0 atom stereocenters. The Morgan fingerprint density at radius 3 is 2.50 bits per heavy atom. The highest BCUT2D eigenvalue weighted by molar-refractivity contribution is 7.07. The maximum absolute atomic E-state index is 13.7. The molecule has 20 heavy (non-hydrogen) atoms. The first-order valence-corrected chi connectivity index (χ1v) is 7.32. The average molecular weight is 295 g/mol. The van der Waals surface area contributed by atoms with Gasteiger partial charge in [-0.05, 0) is 40.9 Å². The summed E-state index contributed by atoms with van der Waals surface area (Å²) in [6.07, 6.45) is 0.728. The fourth-order valence-electron chi connectivity index (χ4n) is 1.99. The highest BCUT2D eigenvalue weighted by atomic mass is 32.1. The number of halogens is 2. The van der Waals surface area contributed by atoms with Gasteiger partial charge in [0.2, 0.25) is 0 Å². The number of carbonyl (C=O) groups is 1. The predicted molar refractivity (Wildman–Crippen MR) is 75.7 cm³/mol. The molecule has 0 aliphatic rings. The average Bonchev–Trinajstić information content (AvgIpc) is 2.91. The predicted octanol–water partition coefficient (Wildman–Crippen LogP) is 4.08. The Labute approximate surface area is 120 Å². The van der Waals surface area contributed by atoms with Crippen molar-refractivity contribution < 1.29 is 13.6 Å². The largest absolute Gasteiger partial charge is 0.334 e. The zero-order chi connectivity index (χ0) is 14.5. The van der Waals surface area contributed by atoms with E-state index in [-0.39, 0.29) is 0 Å². The van der Waals surface area contributed by atoms with Crippen LogP contribution in [0.2, 0.25) is 0 Å². The normalized spacial score (nSPS) is 10.6. The van der Waals surface area contributed by atoms with E-state index in [9.17, 15) is 13.6 Å². The highest BCUT2D eigenvalue weighted by Gasteiger charge is 2.22. The molecule has 1 aromatic carbocycles. The van der Waals surface area contributed by atoms with Gasteiger partial charge in [0.15, 0.2) is 0 Å². The lowest BCUT2D eigenvalue weighted by Crippen LogP contribution is -2.32. The van der Waals surface area contributed by atoms with Gasteiger partial charge in [0.1, 0.15) is 17.2 Å². The molecule has 0 saturated carbocycles. The molecule has 2 aromatic rings. The number of rotatable bonds is 5. The quantitative estimate of drug-likeness (QED) is 0.814. The molecule has 1 heterocycles. The highest BCUT2D eigenvalue weighted by Crippen LogP contribution is 2.17. The smallest absolute Gasteiger partial charge is 0.260 e. The number of amides is 1. The van der Waals surface area contributed by atoms with Crippen molar-refractivity contribution in [3.63, 3.8) is 0 Å². The van der Waals surface area contributed by atoms with E-state index in [2.05, 4.69) is 0 Å². The number of thiophene rings is 1. The second-order valence-electron chi connectivity index (χ2n) is 4.45. The Hall–Kier alpha value is -1.75. The van der Waals surface area contributed by atoms with Gasteiger partial charge in [-0.15, -0.1) is 0 Å². The number of benzene rings is 1. The van der Waals surface area contributed by atoms with Crippen molar-refractivity contribution in [2.24, 2.45) is 0 Å². The topological polar surface area (TPSA) is 20.3 Å². The van der Waals surface area contributed by atoms with Crippen LogP contribution in [0.25, 0.3) is 0 Å². The first-order valence-electron chi connectivity index (χ1n) is 6.37. The first kappa shape index (κ1) is 14.7. The molecule has 0 aliphatic heterocycles. The minimum absolute atomic E-state index is 0.365. The molecule has 0 saturated heterocycles. The zero-order valence-corrected chi connectivity index (χ0v) is 11.9. The van der Waals surface area contributed by atoms with E-state index in [1.54, 1.807) is 0 Å². The zero-order valence-electron chi connectivity index (χ0n) is 11.1. The van der Waals surface area contributed by atoms with Crippen molar-refractivity contribution >= 4 is 17.2 Å². The Morgan fingerprint density at radius 1 is 1.25 bits per heavy atom. The van der Waals surface area contributed by atoms with Crippen molar-refractivity contribution in [3.8, 4) is 0 Å². The van der Waals surface area contributed by atoms with Gasteiger partial charge in [0.25, 0.3) is 5.91 Å². The van der Waals surface area contributed by atoms with Crippen LogP contribution in [0.1, 0.15) is 29.3 Å². The van der Waals surface area contributed by atoms with E-state index < -0.39 is 23.1 Å².